The fraction of sp³-hybridized carbons (Fsp3) is 0.133. The Morgan fingerprint density at radius 3 is 2.89 bits per heavy atom. The molecule has 0 aliphatic heterocycles. The standard InChI is InChI=1S/C15H13NOS/c17-15(10-11-4-3-9-18-11)13-5-1-7-14-12(13)6-2-8-16-14/h1-9,15,17H,10H2. The molecule has 3 rings (SSSR count). The van der Waals surface area contributed by atoms with Crippen molar-refractivity contribution < 1.29 is 5.11 Å². The summed E-state index contributed by atoms with van der Waals surface area (Å²) >= 11 is 1.68. The Hall–Kier alpha value is -1.71. The number of thiophene rings is 1. The fourth-order valence-electron chi connectivity index (χ4n) is 2.15. The van der Waals surface area contributed by atoms with Gasteiger partial charge in [-0.25, -0.2) is 0 Å². The minimum Gasteiger partial charge on any atom is -0.388 e. The molecule has 3 aromatic rings. The molecule has 1 unspecified atom stereocenters. The van der Waals surface area contributed by atoms with Crippen molar-refractivity contribution in [2.75, 3.05) is 0 Å². The Bertz CT molecular complexity index is 643. The number of fused-ring (bicyclic) bond motifs is 1. The normalized spacial score (nSPS) is 12.7. The van der Waals surface area contributed by atoms with E-state index in [-0.39, 0.29) is 0 Å². The third kappa shape index (κ3) is 2.15. The molecule has 1 N–H and O–H groups in total. The van der Waals surface area contributed by atoms with Crippen LogP contribution in [0.2, 0.25) is 0 Å². The van der Waals surface area contributed by atoms with Crippen LogP contribution in [0.25, 0.3) is 10.9 Å². The van der Waals surface area contributed by atoms with Gasteiger partial charge in [0, 0.05) is 22.9 Å². The van der Waals surface area contributed by atoms with E-state index >= 15 is 0 Å². The summed E-state index contributed by atoms with van der Waals surface area (Å²) in [5.41, 5.74) is 1.88. The summed E-state index contributed by atoms with van der Waals surface area (Å²) in [5, 5.41) is 13.4. The van der Waals surface area contributed by atoms with Crippen molar-refractivity contribution in [1.29, 1.82) is 0 Å². The van der Waals surface area contributed by atoms with E-state index in [0.29, 0.717) is 6.42 Å². The fourth-order valence-corrected chi connectivity index (χ4v) is 2.89. The molecule has 3 heteroatoms. The molecule has 0 saturated heterocycles. The molecule has 0 bridgehead atoms. The lowest BCUT2D eigenvalue weighted by atomic mass is 10.0. The predicted octanol–water partition coefficient (Wildman–Crippen LogP) is 3.57. The second-order valence-corrected chi connectivity index (χ2v) is 5.25. The van der Waals surface area contributed by atoms with Gasteiger partial charge in [-0.05, 0) is 29.1 Å². The molecule has 18 heavy (non-hydrogen) atoms. The van der Waals surface area contributed by atoms with Crippen LogP contribution in [0, 0.1) is 0 Å². The van der Waals surface area contributed by atoms with Crippen LogP contribution < -0.4 is 0 Å². The quantitative estimate of drug-likeness (QED) is 0.776. The van der Waals surface area contributed by atoms with Crippen molar-refractivity contribution in [3.63, 3.8) is 0 Å². The molecular weight excluding hydrogens is 242 g/mol. The van der Waals surface area contributed by atoms with Gasteiger partial charge in [0.1, 0.15) is 0 Å². The van der Waals surface area contributed by atoms with Gasteiger partial charge in [0.05, 0.1) is 11.6 Å². The van der Waals surface area contributed by atoms with Crippen molar-refractivity contribution >= 4 is 22.2 Å². The van der Waals surface area contributed by atoms with Crippen molar-refractivity contribution in [2.24, 2.45) is 0 Å². The summed E-state index contributed by atoms with van der Waals surface area (Å²) in [6.07, 6.45) is 1.96. The number of hydrogen-bond acceptors (Lipinski definition) is 3. The van der Waals surface area contributed by atoms with Gasteiger partial charge in [-0.15, -0.1) is 11.3 Å². The van der Waals surface area contributed by atoms with Crippen LogP contribution in [0.4, 0.5) is 0 Å². The van der Waals surface area contributed by atoms with Crippen molar-refractivity contribution in [1.82, 2.24) is 4.98 Å². The van der Waals surface area contributed by atoms with Gasteiger partial charge >= 0.3 is 0 Å². The van der Waals surface area contributed by atoms with Gasteiger partial charge in [-0.3, -0.25) is 4.98 Å². The molecule has 2 nitrogen and oxygen atoms in total. The number of aliphatic hydroxyl groups excluding tert-OH is 1. The maximum absolute atomic E-state index is 10.4. The van der Waals surface area contributed by atoms with Gasteiger partial charge in [-0.1, -0.05) is 24.3 Å². The molecule has 0 amide bonds. The van der Waals surface area contributed by atoms with Crippen LogP contribution in [0.1, 0.15) is 16.5 Å². The van der Waals surface area contributed by atoms with E-state index in [1.165, 1.54) is 4.88 Å². The Morgan fingerprint density at radius 2 is 2.06 bits per heavy atom. The Morgan fingerprint density at radius 1 is 1.11 bits per heavy atom. The first-order chi connectivity index (χ1) is 8.84. The lowest BCUT2D eigenvalue weighted by molar-refractivity contribution is 0.181. The molecule has 2 heterocycles. The van der Waals surface area contributed by atoms with E-state index in [9.17, 15) is 5.11 Å². The highest BCUT2D eigenvalue weighted by atomic mass is 32.1. The molecule has 1 aromatic carbocycles. The molecule has 0 aliphatic rings. The topological polar surface area (TPSA) is 33.1 Å². The Kier molecular flexibility index (Phi) is 3.09. The maximum atomic E-state index is 10.4. The number of aliphatic hydroxyl groups is 1. The van der Waals surface area contributed by atoms with E-state index in [4.69, 9.17) is 0 Å². The zero-order valence-electron chi connectivity index (χ0n) is 9.78. The highest BCUT2D eigenvalue weighted by Crippen LogP contribution is 2.26. The second-order valence-electron chi connectivity index (χ2n) is 4.22. The first-order valence-electron chi connectivity index (χ1n) is 5.89. The monoisotopic (exact) mass is 255 g/mol. The van der Waals surface area contributed by atoms with E-state index < -0.39 is 6.10 Å². The lowest BCUT2D eigenvalue weighted by Gasteiger charge is -2.12. The number of aromatic nitrogens is 1. The van der Waals surface area contributed by atoms with E-state index in [1.54, 1.807) is 17.5 Å². The van der Waals surface area contributed by atoms with Crippen molar-refractivity contribution in [3.05, 3.63) is 64.5 Å². The summed E-state index contributed by atoms with van der Waals surface area (Å²) in [5.74, 6) is 0. The smallest absolute Gasteiger partial charge is 0.0844 e. The van der Waals surface area contributed by atoms with Crippen LogP contribution in [-0.2, 0) is 6.42 Å². The minimum absolute atomic E-state index is 0.475. The molecule has 2 aromatic heterocycles. The van der Waals surface area contributed by atoms with Gasteiger partial charge < -0.3 is 5.11 Å². The molecule has 0 radical (unpaired) electrons. The third-order valence-corrected chi connectivity index (χ3v) is 3.91. The van der Waals surface area contributed by atoms with Crippen LogP contribution in [-0.4, -0.2) is 10.1 Å². The van der Waals surface area contributed by atoms with Crippen LogP contribution in [0.3, 0.4) is 0 Å². The molecule has 90 valence electrons. The summed E-state index contributed by atoms with van der Waals surface area (Å²) in [6.45, 7) is 0. The van der Waals surface area contributed by atoms with Crippen LogP contribution >= 0.6 is 11.3 Å². The zero-order valence-corrected chi connectivity index (χ0v) is 10.6. The van der Waals surface area contributed by atoms with Crippen molar-refractivity contribution in [2.45, 2.75) is 12.5 Å². The summed E-state index contributed by atoms with van der Waals surface area (Å²) in [4.78, 5) is 5.51. The van der Waals surface area contributed by atoms with E-state index in [2.05, 4.69) is 11.1 Å². The number of benzene rings is 1. The average molecular weight is 255 g/mol. The summed E-state index contributed by atoms with van der Waals surface area (Å²) in [7, 11) is 0. The van der Waals surface area contributed by atoms with Crippen molar-refractivity contribution in [3.8, 4) is 0 Å². The van der Waals surface area contributed by atoms with E-state index in [1.807, 2.05) is 41.8 Å². The first-order valence-corrected chi connectivity index (χ1v) is 6.76. The molecule has 0 fully saturated rings. The second kappa shape index (κ2) is 4.88. The number of hydrogen-bond donors (Lipinski definition) is 1. The SMILES string of the molecule is OC(Cc1cccs1)c1cccc2ncccc12. The summed E-state index contributed by atoms with van der Waals surface area (Å²) < 4.78 is 0. The Labute approximate surface area is 110 Å². The van der Waals surface area contributed by atoms with Crippen LogP contribution in [0.15, 0.2) is 54.0 Å². The van der Waals surface area contributed by atoms with Gasteiger partial charge in [-0.2, -0.15) is 0 Å². The molecule has 0 spiro atoms. The highest BCUT2D eigenvalue weighted by Gasteiger charge is 2.12. The van der Waals surface area contributed by atoms with Gasteiger partial charge in [0.15, 0.2) is 0 Å². The third-order valence-electron chi connectivity index (χ3n) is 3.01. The van der Waals surface area contributed by atoms with Gasteiger partial charge in [0.2, 0.25) is 0 Å². The molecule has 0 aliphatic carbocycles. The lowest BCUT2D eigenvalue weighted by Crippen LogP contribution is -2.01. The molecule has 1 atom stereocenters. The van der Waals surface area contributed by atoms with Crippen LogP contribution in [0.5, 0.6) is 0 Å². The maximum Gasteiger partial charge on any atom is 0.0844 e. The summed E-state index contributed by atoms with van der Waals surface area (Å²) in [6, 6.07) is 13.9. The predicted molar refractivity (Wildman–Crippen MR) is 74.7 cm³/mol. The number of rotatable bonds is 3. The zero-order chi connectivity index (χ0) is 12.4. The average Bonchev–Trinajstić information content (AvgIpc) is 2.91. The van der Waals surface area contributed by atoms with E-state index in [0.717, 1.165) is 16.5 Å². The Balaban J connectivity index is 1.98. The largest absolute Gasteiger partial charge is 0.388 e. The minimum atomic E-state index is -0.475. The number of nitrogens with zero attached hydrogens (tertiary/aromatic N) is 1. The molecule has 0 saturated carbocycles. The number of pyridine rings is 1. The first kappa shape index (κ1) is 11.4. The van der Waals surface area contributed by atoms with Gasteiger partial charge in [0.25, 0.3) is 0 Å². The highest BCUT2D eigenvalue weighted by molar-refractivity contribution is 7.09. The molecular formula is C15H13NOS.